The zero-order chi connectivity index (χ0) is 41.0. The van der Waals surface area contributed by atoms with Gasteiger partial charge in [0.25, 0.3) is 0 Å². The van der Waals surface area contributed by atoms with Crippen LogP contribution in [0.4, 0.5) is 4.39 Å². The van der Waals surface area contributed by atoms with Crippen LogP contribution in [0.25, 0.3) is 0 Å². The van der Waals surface area contributed by atoms with Crippen molar-refractivity contribution in [3.63, 3.8) is 0 Å². The van der Waals surface area contributed by atoms with Gasteiger partial charge < -0.3 is 48.3 Å². The fourth-order valence-corrected chi connectivity index (χ4v) is 8.34. The van der Waals surface area contributed by atoms with Crippen molar-refractivity contribution in [1.82, 2.24) is 31.1 Å². The van der Waals surface area contributed by atoms with Gasteiger partial charge in [0.05, 0.1) is 6.04 Å². The summed E-state index contributed by atoms with van der Waals surface area (Å²) in [6.07, 6.45) is 9.11. The number of nitrogens with two attached hydrogens (primary N) is 3. The Balaban J connectivity index is 1.39. The van der Waals surface area contributed by atoms with Crippen LogP contribution in [0.1, 0.15) is 108 Å². The lowest BCUT2D eigenvalue weighted by Crippen LogP contribution is -2.67. The maximum atomic E-state index is 14.9. The molecule has 1 aromatic carbocycles. The number of nitrogens with zero attached hydrogens (tertiary/aromatic N) is 3. The van der Waals surface area contributed by atoms with E-state index in [4.69, 9.17) is 17.2 Å². The van der Waals surface area contributed by atoms with Crippen molar-refractivity contribution in [2.45, 2.75) is 145 Å². The second kappa shape index (κ2) is 20.6. The van der Waals surface area contributed by atoms with Gasteiger partial charge in [0.15, 0.2) is 5.96 Å². The Labute approximate surface area is 334 Å². The highest BCUT2D eigenvalue weighted by molar-refractivity contribution is 5.99. The second-order valence-electron chi connectivity index (χ2n) is 15.9. The standard InChI is InChI=1S/C40H61FN10O6/c41-27-14-7-6-13-26(27)25-30-37(56)51-24-11-18-32(51)35(54)49-40(19-12-20-40)38(57)48-29(16-9-22-46-39(43)44)36(55)50-23-10-17-31(50)34(53)45-21-8-4-2-1-3-5-15-28(42)33(52)47-30/h6-7,13-14,28-32H,1-5,8-12,15-25,42H2,(H,45,53)(H,47,52)(H,48,57)(H,49,54)(H4,43,44,46)/t28-,29-,30-,31-,32-/m0/s1. The summed E-state index contributed by atoms with van der Waals surface area (Å²) in [7, 11) is 0. The molecule has 10 N–H and O–H groups in total. The first-order valence-corrected chi connectivity index (χ1v) is 20.8. The topological polar surface area (TPSA) is 247 Å². The maximum Gasteiger partial charge on any atom is 0.246 e. The van der Waals surface area contributed by atoms with Gasteiger partial charge in [0.1, 0.15) is 35.5 Å². The summed E-state index contributed by atoms with van der Waals surface area (Å²) >= 11 is 0. The van der Waals surface area contributed by atoms with E-state index in [0.717, 1.165) is 32.1 Å². The summed E-state index contributed by atoms with van der Waals surface area (Å²) < 4.78 is 14.9. The summed E-state index contributed by atoms with van der Waals surface area (Å²) in [5.41, 5.74) is 16.2. The van der Waals surface area contributed by atoms with Gasteiger partial charge in [-0.15, -0.1) is 0 Å². The number of halogens is 1. The number of carbonyl (C=O) groups is 6. The normalized spacial score (nSPS) is 27.4. The maximum absolute atomic E-state index is 14.9. The molecule has 1 aliphatic carbocycles. The van der Waals surface area contributed by atoms with Crippen molar-refractivity contribution in [2.75, 3.05) is 26.2 Å². The van der Waals surface area contributed by atoms with Crippen molar-refractivity contribution in [3.05, 3.63) is 35.6 Å². The molecule has 1 spiro atoms. The van der Waals surface area contributed by atoms with E-state index in [9.17, 15) is 33.2 Å². The van der Waals surface area contributed by atoms with Crippen LogP contribution in [-0.2, 0) is 35.2 Å². The molecule has 4 aliphatic rings. The Morgan fingerprint density at radius 1 is 0.754 bits per heavy atom. The highest BCUT2D eigenvalue weighted by atomic mass is 19.1. The molecule has 17 heteroatoms. The van der Waals surface area contributed by atoms with Gasteiger partial charge in [-0.25, -0.2) is 4.39 Å². The zero-order valence-corrected chi connectivity index (χ0v) is 32.9. The molecular formula is C40H61FN10O6. The van der Waals surface area contributed by atoms with Crippen LogP contribution in [0, 0.1) is 5.82 Å². The molecule has 3 aliphatic heterocycles. The summed E-state index contributed by atoms with van der Waals surface area (Å²) in [5, 5.41) is 11.6. The Kier molecular flexibility index (Phi) is 15.6. The van der Waals surface area contributed by atoms with E-state index in [1.807, 2.05) is 0 Å². The van der Waals surface area contributed by atoms with Crippen molar-refractivity contribution in [2.24, 2.45) is 22.2 Å². The van der Waals surface area contributed by atoms with Crippen LogP contribution in [0.15, 0.2) is 29.3 Å². The zero-order valence-electron chi connectivity index (χ0n) is 32.9. The summed E-state index contributed by atoms with van der Waals surface area (Å²) in [6.45, 7) is 1.29. The van der Waals surface area contributed by atoms with Crippen LogP contribution >= 0.6 is 0 Å². The molecule has 3 heterocycles. The molecule has 57 heavy (non-hydrogen) atoms. The van der Waals surface area contributed by atoms with Gasteiger partial charge in [-0.2, -0.15) is 0 Å². The van der Waals surface area contributed by atoms with E-state index in [2.05, 4.69) is 26.3 Å². The summed E-state index contributed by atoms with van der Waals surface area (Å²) in [4.78, 5) is 90.3. The smallest absolute Gasteiger partial charge is 0.246 e. The third-order valence-corrected chi connectivity index (χ3v) is 11.8. The van der Waals surface area contributed by atoms with Gasteiger partial charge in [-0.1, -0.05) is 50.3 Å². The highest BCUT2D eigenvalue weighted by Crippen LogP contribution is 2.34. The first-order valence-electron chi connectivity index (χ1n) is 20.8. The number of amides is 6. The minimum atomic E-state index is -1.33. The van der Waals surface area contributed by atoms with Crippen LogP contribution in [-0.4, -0.2) is 113 Å². The van der Waals surface area contributed by atoms with Gasteiger partial charge >= 0.3 is 0 Å². The molecule has 6 amide bonds. The number of carbonyl (C=O) groups excluding carboxylic acids is 6. The molecule has 0 bridgehead atoms. The monoisotopic (exact) mass is 796 g/mol. The molecule has 3 saturated heterocycles. The average Bonchev–Trinajstić information content (AvgIpc) is 3.87. The molecule has 314 valence electrons. The lowest BCUT2D eigenvalue weighted by atomic mass is 9.75. The number of nitrogens with one attached hydrogen (secondary N) is 4. The van der Waals surface area contributed by atoms with Gasteiger partial charge in [-0.3, -0.25) is 33.8 Å². The Hall–Kier alpha value is -4.80. The largest absolute Gasteiger partial charge is 0.370 e. The molecule has 0 unspecified atom stereocenters. The molecule has 1 aromatic rings. The second-order valence-corrected chi connectivity index (χ2v) is 15.9. The Morgan fingerprint density at radius 2 is 1.39 bits per heavy atom. The molecule has 1 saturated carbocycles. The minimum absolute atomic E-state index is 0.0958. The summed E-state index contributed by atoms with van der Waals surface area (Å²) in [6, 6.07) is 1.33. The lowest BCUT2D eigenvalue weighted by Gasteiger charge is -2.43. The van der Waals surface area contributed by atoms with E-state index < -0.39 is 65.2 Å². The van der Waals surface area contributed by atoms with Crippen LogP contribution in [0.3, 0.4) is 0 Å². The van der Waals surface area contributed by atoms with Crippen LogP contribution in [0.5, 0.6) is 0 Å². The molecule has 4 fully saturated rings. The number of benzene rings is 1. The molecule has 5 rings (SSSR count). The fraction of sp³-hybridized carbons (Fsp3) is 0.675. The number of hydrogen-bond donors (Lipinski definition) is 7. The number of hydrogen-bond acceptors (Lipinski definition) is 8. The molecule has 16 nitrogen and oxygen atoms in total. The number of fused-ring (bicyclic) bond motifs is 2. The predicted octanol–water partition coefficient (Wildman–Crippen LogP) is 0.600. The van der Waals surface area contributed by atoms with E-state index in [0.29, 0.717) is 77.3 Å². The van der Waals surface area contributed by atoms with E-state index >= 15 is 0 Å². The number of rotatable bonds is 6. The van der Waals surface area contributed by atoms with Gasteiger partial charge in [0.2, 0.25) is 35.4 Å². The van der Waals surface area contributed by atoms with Crippen LogP contribution < -0.4 is 38.5 Å². The first-order chi connectivity index (χ1) is 27.4. The fourth-order valence-electron chi connectivity index (χ4n) is 8.34. The third-order valence-electron chi connectivity index (χ3n) is 11.8. The predicted molar refractivity (Wildman–Crippen MR) is 211 cm³/mol. The van der Waals surface area contributed by atoms with Gasteiger partial charge in [-0.05, 0) is 82.3 Å². The lowest BCUT2D eigenvalue weighted by molar-refractivity contribution is -0.146. The minimum Gasteiger partial charge on any atom is -0.370 e. The number of aliphatic imine (C=N–C) groups is 1. The van der Waals surface area contributed by atoms with Crippen molar-refractivity contribution < 1.29 is 33.2 Å². The molecule has 5 atom stereocenters. The molecule has 0 radical (unpaired) electrons. The SMILES string of the molecule is NC(N)=NCCC[C@@H]1NC(=O)C2(CCC2)NC(=O)[C@@H]2CCCN2C(=O)[C@H](Cc2ccccc2F)NC(=O)[C@@H](N)CCCCCCCCNC(=O)[C@@H]2CCCN2C1=O. The summed E-state index contributed by atoms with van der Waals surface area (Å²) in [5.74, 6) is -3.37. The van der Waals surface area contributed by atoms with Crippen molar-refractivity contribution in [1.29, 1.82) is 0 Å². The number of guanidine groups is 1. The average molecular weight is 797 g/mol. The van der Waals surface area contributed by atoms with Crippen molar-refractivity contribution >= 4 is 41.4 Å². The van der Waals surface area contributed by atoms with E-state index in [1.54, 1.807) is 17.0 Å². The molecular weight excluding hydrogens is 736 g/mol. The van der Waals surface area contributed by atoms with Crippen molar-refractivity contribution in [3.8, 4) is 0 Å². The molecule has 0 aromatic heterocycles. The highest BCUT2D eigenvalue weighted by Gasteiger charge is 2.49. The van der Waals surface area contributed by atoms with E-state index in [1.165, 1.54) is 17.0 Å². The Bertz CT molecular complexity index is 1630. The van der Waals surface area contributed by atoms with Crippen LogP contribution in [0.2, 0.25) is 0 Å². The Morgan fingerprint density at radius 3 is 2.04 bits per heavy atom. The van der Waals surface area contributed by atoms with Gasteiger partial charge in [0, 0.05) is 32.6 Å². The quantitative estimate of drug-likeness (QED) is 0.121. The van der Waals surface area contributed by atoms with E-state index in [-0.39, 0.29) is 49.3 Å². The first kappa shape index (κ1) is 43.3. The third kappa shape index (κ3) is 11.4.